The van der Waals surface area contributed by atoms with Crippen molar-refractivity contribution in [1.82, 2.24) is 20.4 Å². The Kier molecular flexibility index (Phi) is 9.98. The van der Waals surface area contributed by atoms with E-state index in [4.69, 9.17) is 0 Å². The van der Waals surface area contributed by atoms with Gasteiger partial charge in [0.2, 0.25) is 5.91 Å². The van der Waals surface area contributed by atoms with E-state index >= 15 is 0 Å². The van der Waals surface area contributed by atoms with E-state index in [0.29, 0.717) is 45.0 Å². The topological polar surface area (TPSA) is 60.0 Å². The molecule has 2 heterocycles. The molecular formula is C16H29F3IN5O. The summed E-state index contributed by atoms with van der Waals surface area (Å²) in [4.78, 5) is 19.7. The van der Waals surface area contributed by atoms with E-state index in [1.165, 1.54) is 4.90 Å². The summed E-state index contributed by atoms with van der Waals surface area (Å²) in [5.41, 5.74) is 0. The van der Waals surface area contributed by atoms with Crippen molar-refractivity contribution >= 4 is 35.8 Å². The number of aliphatic imine (C=N–C) groups is 1. The number of hydrogen-bond donors (Lipinski definition) is 2. The Hall–Kier alpha value is -0.780. The molecule has 1 unspecified atom stereocenters. The van der Waals surface area contributed by atoms with Gasteiger partial charge in [0.15, 0.2) is 5.96 Å². The van der Waals surface area contributed by atoms with Crippen molar-refractivity contribution in [2.24, 2.45) is 4.99 Å². The minimum absolute atomic E-state index is 0. The zero-order valence-electron chi connectivity index (χ0n) is 15.1. The van der Waals surface area contributed by atoms with Crippen LogP contribution in [0.2, 0.25) is 0 Å². The monoisotopic (exact) mass is 491 g/mol. The molecule has 0 aromatic rings. The number of rotatable bonds is 6. The summed E-state index contributed by atoms with van der Waals surface area (Å²) < 4.78 is 37.4. The fourth-order valence-corrected chi connectivity index (χ4v) is 3.25. The Bertz CT molecular complexity index is 469. The number of nitrogens with one attached hydrogen (secondary N) is 2. The summed E-state index contributed by atoms with van der Waals surface area (Å²) in [6.07, 6.45) is -1.03. The van der Waals surface area contributed by atoms with E-state index in [1.807, 2.05) is 11.8 Å². The van der Waals surface area contributed by atoms with E-state index < -0.39 is 12.7 Å². The number of amides is 1. The lowest BCUT2D eigenvalue weighted by Gasteiger charge is -2.20. The summed E-state index contributed by atoms with van der Waals surface area (Å²) in [7, 11) is 0. The van der Waals surface area contributed by atoms with Gasteiger partial charge in [-0.05, 0) is 26.2 Å². The van der Waals surface area contributed by atoms with Gasteiger partial charge in [0, 0.05) is 45.2 Å². The molecule has 2 aliphatic heterocycles. The summed E-state index contributed by atoms with van der Waals surface area (Å²) in [5, 5.41) is 6.27. The van der Waals surface area contributed by atoms with Gasteiger partial charge in [0.1, 0.15) is 0 Å². The third kappa shape index (κ3) is 8.28. The highest BCUT2D eigenvalue weighted by molar-refractivity contribution is 14.0. The van der Waals surface area contributed by atoms with Crippen LogP contribution in [-0.2, 0) is 4.79 Å². The number of likely N-dealkylation sites (tertiary alicyclic amines) is 2. The first-order chi connectivity index (χ1) is 11.9. The van der Waals surface area contributed by atoms with Gasteiger partial charge in [0.05, 0.1) is 13.1 Å². The molecule has 6 nitrogen and oxygen atoms in total. The summed E-state index contributed by atoms with van der Waals surface area (Å²) in [5.74, 6) is 0.685. The van der Waals surface area contributed by atoms with Crippen LogP contribution < -0.4 is 10.6 Å². The molecular weight excluding hydrogens is 462 g/mol. The highest BCUT2D eigenvalue weighted by atomic mass is 127. The molecule has 2 fully saturated rings. The van der Waals surface area contributed by atoms with Gasteiger partial charge in [-0.15, -0.1) is 24.0 Å². The Morgan fingerprint density at radius 2 is 1.92 bits per heavy atom. The van der Waals surface area contributed by atoms with Crippen LogP contribution in [0, 0.1) is 0 Å². The molecule has 0 spiro atoms. The van der Waals surface area contributed by atoms with E-state index in [9.17, 15) is 18.0 Å². The quantitative estimate of drug-likeness (QED) is 0.338. The van der Waals surface area contributed by atoms with Crippen LogP contribution in [0.4, 0.5) is 13.2 Å². The second kappa shape index (κ2) is 11.2. The van der Waals surface area contributed by atoms with Gasteiger partial charge in [-0.3, -0.25) is 14.7 Å². The average molecular weight is 491 g/mol. The molecule has 2 saturated heterocycles. The predicted molar refractivity (Wildman–Crippen MR) is 106 cm³/mol. The third-order valence-corrected chi connectivity index (χ3v) is 4.41. The number of carbonyl (C=O) groups excluding carboxylic acids is 1. The van der Waals surface area contributed by atoms with Crippen LogP contribution in [0.25, 0.3) is 0 Å². The molecule has 1 amide bonds. The Balaban J connectivity index is 0.00000338. The molecule has 26 heavy (non-hydrogen) atoms. The number of nitrogens with zero attached hydrogens (tertiary/aromatic N) is 3. The fourth-order valence-electron chi connectivity index (χ4n) is 3.25. The average Bonchev–Trinajstić information content (AvgIpc) is 3.17. The van der Waals surface area contributed by atoms with Crippen LogP contribution >= 0.6 is 24.0 Å². The molecule has 0 aromatic carbocycles. The molecule has 0 aromatic heterocycles. The second-order valence-corrected chi connectivity index (χ2v) is 6.58. The first-order valence-corrected chi connectivity index (χ1v) is 8.99. The molecule has 2 aliphatic rings. The minimum atomic E-state index is -4.16. The van der Waals surface area contributed by atoms with E-state index in [-0.39, 0.29) is 35.9 Å². The highest BCUT2D eigenvalue weighted by Gasteiger charge is 2.34. The van der Waals surface area contributed by atoms with Gasteiger partial charge in [-0.1, -0.05) is 0 Å². The van der Waals surface area contributed by atoms with Crippen molar-refractivity contribution in [3.63, 3.8) is 0 Å². The summed E-state index contributed by atoms with van der Waals surface area (Å²) >= 11 is 0. The van der Waals surface area contributed by atoms with Crippen molar-refractivity contribution in [3.8, 4) is 0 Å². The molecule has 2 rings (SSSR count). The van der Waals surface area contributed by atoms with Crippen LogP contribution in [-0.4, -0.2) is 79.7 Å². The number of hydrogen-bond acceptors (Lipinski definition) is 3. The maximum absolute atomic E-state index is 12.5. The normalized spacial score (nSPS) is 21.6. The first-order valence-electron chi connectivity index (χ1n) is 8.99. The van der Waals surface area contributed by atoms with Crippen molar-refractivity contribution in [2.75, 3.05) is 45.8 Å². The number of halogens is 4. The van der Waals surface area contributed by atoms with Gasteiger partial charge >= 0.3 is 6.18 Å². The molecule has 0 saturated carbocycles. The number of guanidine groups is 1. The standard InChI is InChI=1S/C16H28F3N5O.HI/c1-2-20-15(21-7-5-14(25)24-8-3-4-9-24)22-13-6-10-23(11-13)12-16(17,18)19;/h13H,2-12H2,1H3,(H2,20,21,22);1H. The Labute approximate surface area is 170 Å². The van der Waals surface area contributed by atoms with Gasteiger partial charge in [-0.2, -0.15) is 13.2 Å². The lowest BCUT2D eigenvalue weighted by molar-refractivity contribution is -0.143. The second-order valence-electron chi connectivity index (χ2n) is 6.58. The maximum Gasteiger partial charge on any atom is 0.401 e. The van der Waals surface area contributed by atoms with Gasteiger partial charge in [0.25, 0.3) is 0 Å². The molecule has 1 atom stereocenters. The minimum Gasteiger partial charge on any atom is -0.357 e. The lowest BCUT2D eigenvalue weighted by Crippen LogP contribution is -2.45. The Morgan fingerprint density at radius 3 is 2.54 bits per heavy atom. The first kappa shape index (κ1) is 23.3. The molecule has 152 valence electrons. The molecule has 2 N–H and O–H groups in total. The highest BCUT2D eigenvalue weighted by Crippen LogP contribution is 2.19. The molecule has 0 bridgehead atoms. The van der Waals surface area contributed by atoms with E-state index in [2.05, 4.69) is 15.6 Å². The number of carbonyl (C=O) groups is 1. The zero-order valence-corrected chi connectivity index (χ0v) is 17.5. The van der Waals surface area contributed by atoms with Crippen molar-refractivity contribution in [1.29, 1.82) is 0 Å². The van der Waals surface area contributed by atoms with Crippen LogP contribution in [0.15, 0.2) is 4.99 Å². The van der Waals surface area contributed by atoms with Crippen molar-refractivity contribution < 1.29 is 18.0 Å². The van der Waals surface area contributed by atoms with Crippen LogP contribution in [0.1, 0.15) is 32.6 Å². The zero-order chi connectivity index (χ0) is 18.3. The third-order valence-electron chi connectivity index (χ3n) is 4.41. The lowest BCUT2D eigenvalue weighted by atomic mass is 10.3. The molecule has 0 radical (unpaired) electrons. The largest absolute Gasteiger partial charge is 0.401 e. The van der Waals surface area contributed by atoms with E-state index in [0.717, 1.165) is 25.9 Å². The van der Waals surface area contributed by atoms with Crippen LogP contribution in [0.5, 0.6) is 0 Å². The smallest absolute Gasteiger partial charge is 0.357 e. The molecule has 0 aliphatic carbocycles. The van der Waals surface area contributed by atoms with Crippen molar-refractivity contribution in [2.45, 2.75) is 44.8 Å². The van der Waals surface area contributed by atoms with Crippen molar-refractivity contribution in [3.05, 3.63) is 0 Å². The predicted octanol–water partition coefficient (Wildman–Crippen LogP) is 1.81. The summed E-state index contributed by atoms with van der Waals surface area (Å²) in [6, 6.07) is -0.0607. The molecule has 10 heteroatoms. The van der Waals surface area contributed by atoms with Gasteiger partial charge in [-0.25, -0.2) is 0 Å². The SMILES string of the molecule is CCNC(=NCCC(=O)N1CCCC1)NC1CCN(CC(F)(F)F)C1.I. The van der Waals surface area contributed by atoms with Crippen LogP contribution in [0.3, 0.4) is 0 Å². The summed E-state index contributed by atoms with van der Waals surface area (Å²) in [6.45, 7) is 4.52. The Morgan fingerprint density at radius 1 is 1.23 bits per heavy atom. The number of alkyl halides is 3. The van der Waals surface area contributed by atoms with E-state index in [1.54, 1.807) is 0 Å². The van der Waals surface area contributed by atoms with Gasteiger partial charge < -0.3 is 15.5 Å². The fraction of sp³-hybridized carbons (Fsp3) is 0.875. The maximum atomic E-state index is 12.5.